The minimum Gasteiger partial charge on any atom is -0.496 e. The highest BCUT2D eigenvalue weighted by Crippen LogP contribution is 2.40. The van der Waals surface area contributed by atoms with Gasteiger partial charge >= 0.3 is 0 Å². The van der Waals surface area contributed by atoms with Crippen LogP contribution in [0.5, 0.6) is 5.75 Å². The largest absolute Gasteiger partial charge is 0.496 e. The molecular weight excluding hydrogens is 614 g/mol. The molecule has 1 aliphatic rings. The molecule has 3 aromatic rings. The SMILES string of the molecule is CC/C(C)=C/C=C(\C=C(/C)C(=O)N(C)C)c1ccc(OC)c(CN(C(=O)c2sc3c(F)ccc(F)c3c2Cl)C2CCCCC2)c1. The van der Waals surface area contributed by atoms with E-state index in [1.807, 2.05) is 36.4 Å². The van der Waals surface area contributed by atoms with Crippen molar-refractivity contribution in [3.05, 3.63) is 92.4 Å². The van der Waals surface area contributed by atoms with Gasteiger partial charge in [-0.3, -0.25) is 9.59 Å². The molecule has 9 heteroatoms. The van der Waals surface area contributed by atoms with Gasteiger partial charge in [0.1, 0.15) is 22.3 Å². The fourth-order valence-corrected chi connectivity index (χ4v) is 7.12. The summed E-state index contributed by atoms with van der Waals surface area (Å²) in [7, 11) is 5.03. The van der Waals surface area contributed by atoms with Crippen LogP contribution in [0.15, 0.2) is 59.7 Å². The van der Waals surface area contributed by atoms with E-state index in [0.29, 0.717) is 11.3 Å². The number of benzene rings is 2. The second-order valence-corrected chi connectivity index (χ2v) is 13.1. The van der Waals surface area contributed by atoms with Crippen molar-refractivity contribution in [3.8, 4) is 5.75 Å². The molecule has 2 aromatic carbocycles. The number of methoxy groups -OCH3 is 1. The van der Waals surface area contributed by atoms with Crippen molar-refractivity contribution in [1.29, 1.82) is 0 Å². The van der Waals surface area contributed by atoms with Crippen molar-refractivity contribution in [1.82, 2.24) is 9.80 Å². The number of rotatable bonds is 10. The van der Waals surface area contributed by atoms with Crippen molar-refractivity contribution in [2.75, 3.05) is 21.2 Å². The van der Waals surface area contributed by atoms with Crippen LogP contribution in [0.25, 0.3) is 15.7 Å². The van der Waals surface area contributed by atoms with Crippen LogP contribution in [-0.2, 0) is 11.3 Å². The Hall–Kier alpha value is -3.49. The van der Waals surface area contributed by atoms with Crippen LogP contribution in [-0.4, -0.2) is 48.9 Å². The van der Waals surface area contributed by atoms with Crippen molar-refractivity contribution < 1.29 is 23.1 Å². The van der Waals surface area contributed by atoms with Crippen molar-refractivity contribution in [2.24, 2.45) is 0 Å². The first-order valence-corrected chi connectivity index (χ1v) is 16.5. The normalized spacial score (nSPS) is 15.0. The van der Waals surface area contributed by atoms with E-state index in [4.69, 9.17) is 16.3 Å². The third kappa shape index (κ3) is 7.85. The highest BCUT2D eigenvalue weighted by atomic mass is 35.5. The summed E-state index contributed by atoms with van der Waals surface area (Å²) in [6, 6.07) is 7.81. The molecule has 1 aromatic heterocycles. The van der Waals surface area contributed by atoms with E-state index in [-0.39, 0.29) is 44.4 Å². The Labute approximate surface area is 273 Å². The van der Waals surface area contributed by atoms with Crippen molar-refractivity contribution in [3.63, 3.8) is 0 Å². The van der Waals surface area contributed by atoms with Gasteiger partial charge in [-0.1, -0.05) is 61.6 Å². The van der Waals surface area contributed by atoms with Gasteiger partial charge in [-0.15, -0.1) is 11.3 Å². The lowest BCUT2D eigenvalue weighted by Gasteiger charge is -2.34. The Balaban J connectivity index is 1.82. The first-order valence-electron chi connectivity index (χ1n) is 15.3. The summed E-state index contributed by atoms with van der Waals surface area (Å²) in [5.41, 5.74) is 4.25. The third-order valence-corrected chi connectivity index (χ3v) is 10.0. The number of nitrogens with zero attached hydrogens (tertiary/aromatic N) is 2. The molecule has 0 spiro atoms. The first-order chi connectivity index (χ1) is 21.5. The summed E-state index contributed by atoms with van der Waals surface area (Å²) in [6.07, 6.45) is 11.5. The number of hydrogen-bond acceptors (Lipinski definition) is 4. The number of hydrogen-bond donors (Lipinski definition) is 0. The monoisotopic (exact) mass is 654 g/mol. The van der Waals surface area contributed by atoms with E-state index in [1.165, 1.54) is 5.57 Å². The highest BCUT2D eigenvalue weighted by Gasteiger charge is 2.31. The molecule has 5 nitrogen and oxygen atoms in total. The van der Waals surface area contributed by atoms with E-state index >= 15 is 0 Å². The van der Waals surface area contributed by atoms with E-state index in [0.717, 1.165) is 78.7 Å². The molecule has 0 bridgehead atoms. The highest BCUT2D eigenvalue weighted by molar-refractivity contribution is 7.21. The second-order valence-electron chi connectivity index (χ2n) is 11.7. The molecule has 2 amide bonds. The lowest BCUT2D eigenvalue weighted by atomic mass is 9.93. The minimum atomic E-state index is -0.659. The summed E-state index contributed by atoms with van der Waals surface area (Å²) in [5, 5.41) is -0.124. The third-order valence-electron chi connectivity index (χ3n) is 8.33. The molecular formula is C36H41ClF2N2O3S. The van der Waals surface area contributed by atoms with Crippen LogP contribution in [0, 0.1) is 11.6 Å². The van der Waals surface area contributed by atoms with Crippen LogP contribution in [0.3, 0.4) is 0 Å². The maximum absolute atomic E-state index is 14.7. The molecule has 0 aliphatic heterocycles. The fourth-order valence-electron chi connectivity index (χ4n) is 5.62. The van der Waals surface area contributed by atoms with Crippen LogP contribution in [0.2, 0.25) is 5.02 Å². The number of allylic oxidation sites excluding steroid dienone is 5. The molecule has 0 N–H and O–H groups in total. The molecule has 240 valence electrons. The molecule has 4 rings (SSSR count). The fraction of sp³-hybridized carbons (Fsp3) is 0.389. The lowest BCUT2D eigenvalue weighted by Crippen LogP contribution is -2.40. The summed E-state index contributed by atoms with van der Waals surface area (Å²) >= 11 is 7.48. The number of carbonyl (C=O) groups is 2. The van der Waals surface area contributed by atoms with Crippen molar-refractivity contribution >= 4 is 50.4 Å². The average Bonchev–Trinajstić information content (AvgIpc) is 3.40. The zero-order valence-electron chi connectivity index (χ0n) is 26.8. The zero-order chi connectivity index (χ0) is 32.8. The quantitative estimate of drug-likeness (QED) is 0.162. The summed E-state index contributed by atoms with van der Waals surface area (Å²) in [4.78, 5) is 30.5. The number of fused-ring (bicyclic) bond motifs is 1. The number of carbonyl (C=O) groups excluding carboxylic acids is 2. The Morgan fingerprint density at radius 3 is 2.36 bits per heavy atom. The second kappa shape index (κ2) is 15.2. The summed E-state index contributed by atoms with van der Waals surface area (Å²) in [5.74, 6) is -1.11. The van der Waals surface area contributed by atoms with Gasteiger partial charge in [0.15, 0.2) is 0 Å². The van der Waals surface area contributed by atoms with Gasteiger partial charge in [-0.2, -0.15) is 0 Å². The van der Waals surface area contributed by atoms with Gasteiger partial charge in [-0.05, 0) is 74.6 Å². The molecule has 45 heavy (non-hydrogen) atoms. The first kappa shape index (κ1) is 34.4. The molecule has 1 aliphatic carbocycles. The molecule has 1 saturated carbocycles. The molecule has 0 saturated heterocycles. The average molecular weight is 655 g/mol. The minimum absolute atomic E-state index is 0.0335. The molecule has 0 unspecified atom stereocenters. The summed E-state index contributed by atoms with van der Waals surface area (Å²) < 4.78 is 35.2. The maximum Gasteiger partial charge on any atom is 0.266 e. The van der Waals surface area contributed by atoms with Gasteiger partial charge < -0.3 is 14.5 Å². The molecule has 0 radical (unpaired) electrons. The van der Waals surface area contributed by atoms with Crippen LogP contribution in [0.4, 0.5) is 8.78 Å². The Bertz CT molecular complexity index is 1670. The van der Waals surface area contributed by atoms with Crippen molar-refractivity contribution in [2.45, 2.75) is 71.9 Å². The van der Waals surface area contributed by atoms with Gasteiger partial charge in [0, 0.05) is 37.8 Å². The molecule has 1 heterocycles. The number of halogens is 3. The lowest BCUT2D eigenvalue weighted by molar-refractivity contribution is -0.124. The number of thiophene rings is 1. The van der Waals surface area contributed by atoms with E-state index in [2.05, 4.69) is 13.8 Å². The predicted molar refractivity (Wildman–Crippen MR) is 181 cm³/mol. The maximum atomic E-state index is 14.7. The number of likely N-dealkylation sites (N-methyl/N-ethyl adjacent to an activating group) is 1. The summed E-state index contributed by atoms with van der Waals surface area (Å²) in [6.45, 7) is 6.15. The molecule has 1 fully saturated rings. The Morgan fingerprint density at radius 1 is 1.04 bits per heavy atom. The van der Waals surface area contributed by atoms with E-state index < -0.39 is 11.6 Å². The van der Waals surface area contributed by atoms with E-state index in [1.54, 1.807) is 37.9 Å². The number of amides is 2. The van der Waals surface area contributed by atoms with Crippen LogP contribution >= 0.6 is 22.9 Å². The zero-order valence-corrected chi connectivity index (χ0v) is 28.4. The predicted octanol–water partition coefficient (Wildman–Crippen LogP) is 9.59. The standard InChI is InChI=1S/C36H41ClF2N2O3S/c1-7-22(2)13-14-24(19-23(3)35(42)40(4)5)25-15-18-30(44-6)26(20-25)21-41(27-11-9-8-10-12-27)36(43)34-32(37)31-28(38)16-17-29(39)33(31)45-34/h13-20,27H,7-12,21H2,1-6H3/b22-13+,23-19+,24-14+. The van der Waals surface area contributed by atoms with Crippen LogP contribution < -0.4 is 4.74 Å². The molecule has 0 atom stereocenters. The van der Waals surface area contributed by atoms with Gasteiger partial charge in [-0.25, -0.2) is 8.78 Å². The van der Waals surface area contributed by atoms with Gasteiger partial charge in [0.2, 0.25) is 5.91 Å². The van der Waals surface area contributed by atoms with E-state index in [9.17, 15) is 18.4 Å². The Kier molecular flexibility index (Phi) is 11.6. The van der Waals surface area contributed by atoms with Gasteiger partial charge in [0.25, 0.3) is 5.91 Å². The topological polar surface area (TPSA) is 49.9 Å². The Morgan fingerprint density at radius 2 is 1.73 bits per heavy atom. The number of ether oxygens (including phenoxy) is 1. The smallest absolute Gasteiger partial charge is 0.266 e. The van der Waals surface area contributed by atoms with Gasteiger partial charge in [0.05, 0.1) is 22.2 Å². The van der Waals surface area contributed by atoms with Crippen LogP contribution in [0.1, 0.15) is 80.1 Å².